The summed E-state index contributed by atoms with van der Waals surface area (Å²) < 4.78 is 25.4. The first kappa shape index (κ1) is 11.0. The molecule has 1 aliphatic rings. The summed E-state index contributed by atoms with van der Waals surface area (Å²) in [4.78, 5) is 21.4. The second-order valence-electron chi connectivity index (χ2n) is 4.33. The van der Waals surface area contributed by atoms with E-state index in [2.05, 4.69) is 0 Å². The first-order valence-corrected chi connectivity index (χ1v) is 4.34. The fourth-order valence-corrected chi connectivity index (χ4v) is 1.77. The summed E-state index contributed by atoms with van der Waals surface area (Å²) in [5, 5.41) is 0. The van der Waals surface area contributed by atoms with Gasteiger partial charge in [0.15, 0.2) is 0 Å². The van der Waals surface area contributed by atoms with Crippen LogP contribution in [0, 0.1) is 10.8 Å². The van der Waals surface area contributed by atoms with Gasteiger partial charge < -0.3 is 0 Å². The van der Waals surface area contributed by atoms with Gasteiger partial charge >= 0.3 is 12.1 Å². The number of rotatable bonds is 2. The van der Waals surface area contributed by atoms with Crippen molar-refractivity contribution in [3.05, 3.63) is 11.6 Å². The van der Waals surface area contributed by atoms with Crippen LogP contribution < -0.4 is 0 Å². The Hall–Kier alpha value is -1.06. The zero-order chi connectivity index (χ0) is 11.1. The maximum absolute atomic E-state index is 12.8. The van der Waals surface area contributed by atoms with Gasteiger partial charge in [-0.05, 0) is 13.3 Å². The average molecular weight is 202 g/mol. The molecule has 0 aromatic carbocycles. The van der Waals surface area contributed by atoms with Crippen LogP contribution in [-0.2, 0) is 9.59 Å². The molecule has 0 aromatic heterocycles. The Kier molecular flexibility index (Phi) is 2.34. The normalized spacial score (nSPS) is 29.9. The zero-order valence-electron chi connectivity index (χ0n) is 8.36. The molecule has 1 rings (SSSR count). The Morgan fingerprint density at radius 2 is 1.79 bits per heavy atom. The Bertz CT molecular complexity index is 331. The number of carbonyl (C=O) groups is 2. The van der Waals surface area contributed by atoms with E-state index in [1.54, 1.807) is 0 Å². The van der Waals surface area contributed by atoms with E-state index in [0.717, 1.165) is 0 Å². The number of allylic oxidation sites excluding steroid dienone is 2. The molecule has 0 saturated carbocycles. The highest BCUT2D eigenvalue weighted by molar-refractivity contribution is 5.93. The van der Waals surface area contributed by atoms with E-state index in [0.29, 0.717) is 0 Å². The van der Waals surface area contributed by atoms with Gasteiger partial charge in [-0.15, -0.1) is 0 Å². The van der Waals surface area contributed by atoms with Crippen molar-refractivity contribution in [2.24, 2.45) is 10.8 Å². The third-order valence-electron chi connectivity index (χ3n) is 3.41. The lowest BCUT2D eigenvalue weighted by atomic mass is 9.66. The van der Waals surface area contributed by atoms with Gasteiger partial charge in [0.1, 0.15) is 0 Å². The highest BCUT2D eigenvalue weighted by Gasteiger charge is 2.54. The first-order valence-electron chi connectivity index (χ1n) is 4.34. The molecule has 14 heavy (non-hydrogen) atoms. The summed E-state index contributed by atoms with van der Waals surface area (Å²) in [5.41, 5.74) is -2.50. The molecule has 0 spiro atoms. The summed E-state index contributed by atoms with van der Waals surface area (Å²) in [7, 11) is 0. The van der Waals surface area contributed by atoms with Crippen LogP contribution in [0.3, 0.4) is 0 Å². The average Bonchev–Trinajstić information content (AvgIpc) is 2.24. The van der Waals surface area contributed by atoms with Crippen LogP contribution in [0.25, 0.3) is 0 Å². The maximum atomic E-state index is 12.8. The van der Waals surface area contributed by atoms with Crippen LogP contribution in [0.4, 0.5) is 8.78 Å². The van der Waals surface area contributed by atoms with Crippen LogP contribution in [0.15, 0.2) is 11.6 Å². The summed E-state index contributed by atoms with van der Waals surface area (Å²) in [6, 6.07) is -3.09. The maximum Gasteiger partial charge on any atom is 0.328 e. The molecule has 0 fully saturated rings. The largest absolute Gasteiger partial charge is 0.328 e. The molecule has 4 heteroatoms. The monoisotopic (exact) mass is 202 g/mol. The van der Waals surface area contributed by atoms with Crippen LogP contribution in [0.1, 0.15) is 27.2 Å². The highest BCUT2D eigenvalue weighted by Crippen LogP contribution is 2.53. The van der Waals surface area contributed by atoms with Crippen LogP contribution >= 0.6 is 0 Å². The molecule has 0 amide bonds. The molecule has 0 heterocycles. The van der Waals surface area contributed by atoms with Crippen molar-refractivity contribution in [2.45, 2.75) is 27.2 Å². The van der Waals surface area contributed by atoms with E-state index in [4.69, 9.17) is 0 Å². The second-order valence-corrected chi connectivity index (χ2v) is 4.33. The Labute approximate surface area is 81.0 Å². The third-order valence-corrected chi connectivity index (χ3v) is 3.41. The standard InChI is InChI=1S/C10H12F2O2/c1-9(2)6(7(11)13)4-5-10(9,3)8(12)14/h4H,5H2,1-3H3/t10-/m0/s1. The lowest BCUT2D eigenvalue weighted by Crippen LogP contribution is -2.38. The molecule has 0 saturated heterocycles. The van der Waals surface area contributed by atoms with Gasteiger partial charge in [0.05, 0.1) is 5.41 Å². The van der Waals surface area contributed by atoms with Gasteiger partial charge in [-0.2, -0.15) is 8.78 Å². The Morgan fingerprint density at radius 3 is 2.00 bits per heavy atom. The smallest absolute Gasteiger partial charge is 0.261 e. The number of hydrogen-bond donors (Lipinski definition) is 0. The molecular weight excluding hydrogens is 190 g/mol. The first-order chi connectivity index (χ1) is 6.23. The van der Waals surface area contributed by atoms with E-state index in [1.165, 1.54) is 26.8 Å². The van der Waals surface area contributed by atoms with Gasteiger partial charge in [0, 0.05) is 11.0 Å². The third kappa shape index (κ3) is 1.21. The molecule has 0 N–H and O–H groups in total. The van der Waals surface area contributed by atoms with Crippen molar-refractivity contribution >= 4 is 12.1 Å². The number of carbonyl (C=O) groups excluding carboxylic acids is 2. The Balaban J connectivity index is 3.16. The predicted octanol–water partition coefficient (Wildman–Crippen LogP) is 2.34. The van der Waals surface area contributed by atoms with Crippen LogP contribution in [0.5, 0.6) is 0 Å². The van der Waals surface area contributed by atoms with E-state index < -0.39 is 22.9 Å². The molecular formula is C10H12F2O2. The van der Waals surface area contributed by atoms with Crippen molar-refractivity contribution in [1.29, 1.82) is 0 Å². The Morgan fingerprint density at radius 1 is 1.29 bits per heavy atom. The van der Waals surface area contributed by atoms with Crippen molar-refractivity contribution < 1.29 is 18.4 Å². The van der Waals surface area contributed by atoms with Gasteiger partial charge in [-0.1, -0.05) is 19.9 Å². The second kappa shape index (κ2) is 2.97. The fourth-order valence-electron chi connectivity index (χ4n) is 1.77. The molecule has 0 unspecified atom stereocenters. The van der Waals surface area contributed by atoms with Gasteiger partial charge in [-0.3, -0.25) is 9.59 Å². The quantitative estimate of drug-likeness (QED) is 0.644. The lowest BCUT2D eigenvalue weighted by molar-refractivity contribution is -0.144. The summed E-state index contributed by atoms with van der Waals surface area (Å²) in [5.74, 6) is 0. The molecule has 1 aliphatic carbocycles. The summed E-state index contributed by atoms with van der Waals surface area (Å²) in [6.45, 7) is 4.41. The van der Waals surface area contributed by atoms with Gasteiger partial charge in [-0.25, -0.2) is 0 Å². The molecule has 2 nitrogen and oxygen atoms in total. The predicted molar refractivity (Wildman–Crippen MR) is 46.8 cm³/mol. The van der Waals surface area contributed by atoms with Crippen molar-refractivity contribution in [1.82, 2.24) is 0 Å². The summed E-state index contributed by atoms with van der Waals surface area (Å²) >= 11 is 0. The molecule has 0 bridgehead atoms. The van der Waals surface area contributed by atoms with Crippen molar-refractivity contribution in [2.75, 3.05) is 0 Å². The van der Waals surface area contributed by atoms with Crippen molar-refractivity contribution in [3.8, 4) is 0 Å². The lowest BCUT2D eigenvalue weighted by Gasteiger charge is -2.35. The van der Waals surface area contributed by atoms with Crippen LogP contribution in [0.2, 0.25) is 0 Å². The minimum Gasteiger partial charge on any atom is -0.261 e. The van der Waals surface area contributed by atoms with Crippen molar-refractivity contribution in [3.63, 3.8) is 0 Å². The van der Waals surface area contributed by atoms with E-state index >= 15 is 0 Å². The minimum atomic E-state index is -1.58. The highest BCUT2D eigenvalue weighted by atomic mass is 19.1. The van der Waals surface area contributed by atoms with E-state index in [1.807, 2.05) is 0 Å². The van der Waals surface area contributed by atoms with Gasteiger partial charge in [0.2, 0.25) is 0 Å². The van der Waals surface area contributed by atoms with Gasteiger partial charge in [0.25, 0.3) is 0 Å². The van der Waals surface area contributed by atoms with E-state index in [-0.39, 0.29) is 12.0 Å². The number of hydrogen-bond acceptors (Lipinski definition) is 2. The van der Waals surface area contributed by atoms with Crippen LogP contribution in [-0.4, -0.2) is 12.1 Å². The fraction of sp³-hybridized carbons (Fsp3) is 0.600. The molecule has 0 radical (unpaired) electrons. The van der Waals surface area contributed by atoms with E-state index in [9.17, 15) is 18.4 Å². The SMILES string of the molecule is CC1(C)C(C(=O)F)=CC[C@@]1(C)C(=O)F. The summed E-state index contributed by atoms with van der Waals surface area (Å²) in [6.07, 6.45) is 1.38. The zero-order valence-corrected chi connectivity index (χ0v) is 8.36. The molecule has 0 aromatic rings. The molecule has 78 valence electrons. The topological polar surface area (TPSA) is 34.1 Å². The number of halogens is 2. The molecule has 1 atom stereocenters. The minimum absolute atomic E-state index is 0.0698. The molecule has 0 aliphatic heterocycles.